The number of likely N-dealkylation sites (tertiary alicyclic amines) is 1. The molecule has 0 spiro atoms. The minimum atomic E-state index is -0.00391. The lowest BCUT2D eigenvalue weighted by Gasteiger charge is -2.43. The van der Waals surface area contributed by atoms with E-state index in [-0.39, 0.29) is 5.92 Å². The quantitative estimate of drug-likeness (QED) is 0.536. The van der Waals surface area contributed by atoms with E-state index in [1.807, 2.05) is 30.0 Å². The van der Waals surface area contributed by atoms with Gasteiger partial charge in [-0.15, -0.1) is 0 Å². The average Bonchev–Trinajstić information content (AvgIpc) is 2.79. The van der Waals surface area contributed by atoms with Crippen LogP contribution < -0.4 is 0 Å². The van der Waals surface area contributed by atoms with Crippen LogP contribution in [0.3, 0.4) is 0 Å². The minimum Gasteiger partial charge on any atom is -0.342 e. The summed E-state index contributed by atoms with van der Waals surface area (Å²) in [6.45, 7) is 2.92. The van der Waals surface area contributed by atoms with Gasteiger partial charge in [-0.2, -0.15) is 11.8 Å². The van der Waals surface area contributed by atoms with E-state index in [2.05, 4.69) is 67.7 Å². The highest BCUT2D eigenvalue weighted by atomic mass is 32.2. The fraction of sp³-hybridized carbons (Fsp3) is 0.500. The van der Waals surface area contributed by atoms with Gasteiger partial charge in [-0.1, -0.05) is 60.7 Å². The van der Waals surface area contributed by atoms with Gasteiger partial charge in [-0.05, 0) is 29.6 Å². The fourth-order valence-corrected chi connectivity index (χ4v) is 5.08. The Hall–Kier alpha value is -1.78. The van der Waals surface area contributed by atoms with Gasteiger partial charge >= 0.3 is 0 Å². The van der Waals surface area contributed by atoms with Crippen molar-refractivity contribution in [3.63, 3.8) is 0 Å². The highest BCUT2D eigenvalue weighted by molar-refractivity contribution is 7.98. The molecule has 2 aromatic rings. The second kappa shape index (κ2) is 11.0. The van der Waals surface area contributed by atoms with Crippen LogP contribution in [-0.4, -0.2) is 67.1 Å². The molecule has 0 saturated carbocycles. The summed E-state index contributed by atoms with van der Waals surface area (Å²) in [5.41, 5.74) is 2.58. The Morgan fingerprint density at radius 3 is 2.23 bits per heavy atom. The molecule has 1 heterocycles. The second-order valence-corrected chi connectivity index (χ2v) is 10.0. The number of piperidine rings is 1. The molecular weight excluding hydrogens is 388 g/mol. The smallest absolute Gasteiger partial charge is 0.230 e. The van der Waals surface area contributed by atoms with Gasteiger partial charge in [0.1, 0.15) is 0 Å². The summed E-state index contributed by atoms with van der Waals surface area (Å²) in [6, 6.07) is 21.7. The van der Waals surface area contributed by atoms with Crippen LogP contribution in [0.5, 0.6) is 0 Å². The fourth-order valence-electron chi connectivity index (χ4n) is 4.60. The van der Waals surface area contributed by atoms with Crippen LogP contribution >= 0.6 is 11.8 Å². The molecule has 1 aliphatic heterocycles. The lowest BCUT2D eigenvalue weighted by Crippen LogP contribution is -2.55. The summed E-state index contributed by atoms with van der Waals surface area (Å²) in [4.78, 5) is 15.5. The topological polar surface area (TPSA) is 20.3 Å². The summed E-state index contributed by atoms with van der Waals surface area (Å²) >= 11 is 1.82. The molecule has 0 aliphatic carbocycles. The van der Waals surface area contributed by atoms with E-state index in [4.69, 9.17) is 0 Å². The Balaban J connectivity index is 1.57. The summed E-state index contributed by atoms with van der Waals surface area (Å²) in [6.07, 6.45) is 6.34. The van der Waals surface area contributed by atoms with Crippen molar-refractivity contribution in [2.45, 2.75) is 37.6 Å². The molecule has 0 N–H and O–H groups in total. The van der Waals surface area contributed by atoms with Crippen LogP contribution in [-0.2, 0) is 11.2 Å². The highest BCUT2D eigenvalue weighted by Gasteiger charge is 2.35. The normalized spacial score (nSPS) is 16.4. The number of nitrogens with zero attached hydrogens (tertiary/aromatic N) is 2. The van der Waals surface area contributed by atoms with Gasteiger partial charge in [0.2, 0.25) is 5.91 Å². The molecule has 1 aliphatic rings. The minimum absolute atomic E-state index is 0.00391. The van der Waals surface area contributed by atoms with Crippen LogP contribution in [0.1, 0.15) is 36.3 Å². The first kappa shape index (κ1) is 22.9. The van der Waals surface area contributed by atoms with Gasteiger partial charge in [0, 0.05) is 32.4 Å². The summed E-state index contributed by atoms with van der Waals surface area (Å²) < 4.78 is 1.03. The van der Waals surface area contributed by atoms with E-state index in [9.17, 15) is 4.79 Å². The van der Waals surface area contributed by atoms with Gasteiger partial charge in [-0.3, -0.25) is 4.79 Å². The third kappa shape index (κ3) is 6.12. The molecule has 1 fully saturated rings. The summed E-state index contributed by atoms with van der Waals surface area (Å²) in [5.74, 6) is 1.34. The molecule has 0 radical (unpaired) electrons. The Kier molecular flexibility index (Phi) is 8.41. The van der Waals surface area contributed by atoms with Crippen molar-refractivity contribution < 1.29 is 9.28 Å². The van der Waals surface area contributed by atoms with Crippen molar-refractivity contribution in [3.05, 3.63) is 71.8 Å². The van der Waals surface area contributed by atoms with E-state index < -0.39 is 0 Å². The number of carbonyl (C=O) groups is 1. The van der Waals surface area contributed by atoms with Crippen molar-refractivity contribution in [2.24, 2.45) is 0 Å². The lowest BCUT2D eigenvalue weighted by molar-refractivity contribution is -0.916. The molecule has 3 rings (SSSR count). The molecule has 1 amide bonds. The number of likely N-dealkylation sites (N-methyl/N-ethyl adjacent to an activating group) is 1. The van der Waals surface area contributed by atoms with Crippen LogP contribution in [0.4, 0.5) is 0 Å². The number of thioether (sulfide) groups is 1. The first-order valence-corrected chi connectivity index (χ1v) is 12.6. The molecule has 1 saturated heterocycles. The van der Waals surface area contributed by atoms with E-state index in [1.165, 1.54) is 5.56 Å². The molecule has 0 bridgehead atoms. The third-order valence-corrected chi connectivity index (χ3v) is 7.34. The maximum Gasteiger partial charge on any atom is 0.230 e. The largest absolute Gasteiger partial charge is 0.342 e. The Morgan fingerprint density at radius 2 is 1.63 bits per heavy atom. The Morgan fingerprint density at radius 1 is 1.03 bits per heavy atom. The standard InChI is InChI=1S/C26H37N2OS/c1-28(2,20-16-22-10-6-4-7-11-22)24-14-18-27(19-15-24)26(29)25(17-21-30-3)23-12-8-5-9-13-23/h4-13,24-25H,14-21H2,1-3H3/q+1. The van der Waals surface area contributed by atoms with Crippen LogP contribution in [0.15, 0.2) is 60.7 Å². The van der Waals surface area contributed by atoms with Crippen LogP contribution in [0, 0.1) is 0 Å². The lowest BCUT2D eigenvalue weighted by atomic mass is 9.93. The zero-order valence-electron chi connectivity index (χ0n) is 18.8. The molecule has 30 heavy (non-hydrogen) atoms. The molecule has 3 nitrogen and oxygen atoms in total. The molecule has 4 heteroatoms. The van der Waals surface area contributed by atoms with Gasteiger partial charge in [-0.25, -0.2) is 0 Å². The SMILES string of the molecule is CSCCC(C(=O)N1CCC([N+](C)(C)CCc2ccccc2)CC1)c1ccccc1. The molecule has 0 aromatic heterocycles. The van der Waals surface area contributed by atoms with Crippen molar-refractivity contribution in [1.82, 2.24) is 4.90 Å². The van der Waals surface area contributed by atoms with Crippen LogP contribution in [0.2, 0.25) is 0 Å². The first-order valence-electron chi connectivity index (χ1n) is 11.2. The van der Waals surface area contributed by atoms with Crippen LogP contribution in [0.25, 0.3) is 0 Å². The zero-order valence-corrected chi connectivity index (χ0v) is 19.6. The molecular formula is C26H37N2OS+. The molecule has 1 atom stereocenters. The predicted octanol–water partition coefficient (Wildman–Crippen LogP) is 4.83. The number of benzene rings is 2. The maximum atomic E-state index is 13.4. The van der Waals surface area contributed by atoms with E-state index in [0.717, 1.165) is 61.1 Å². The van der Waals surface area contributed by atoms with Gasteiger partial charge in [0.25, 0.3) is 0 Å². The number of amides is 1. The van der Waals surface area contributed by atoms with Gasteiger partial charge < -0.3 is 9.38 Å². The maximum absolute atomic E-state index is 13.4. The van der Waals surface area contributed by atoms with E-state index in [1.54, 1.807) is 0 Å². The first-order chi connectivity index (χ1) is 14.5. The molecule has 2 aromatic carbocycles. The third-order valence-electron chi connectivity index (χ3n) is 6.69. The molecule has 1 unspecified atom stereocenters. The number of carbonyl (C=O) groups excluding carboxylic acids is 1. The predicted molar refractivity (Wildman–Crippen MR) is 129 cm³/mol. The monoisotopic (exact) mass is 425 g/mol. The average molecular weight is 426 g/mol. The second-order valence-electron chi connectivity index (χ2n) is 9.04. The van der Waals surface area contributed by atoms with Crippen molar-refractivity contribution >= 4 is 17.7 Å². The van der Waals surface area contributed by atoms with Crippen molar-refractivity contribution in [3.8, 4) is 0 Å². The van der Waals surface area contributed by atoms with Crippen molar-refractivity contribution in [1.29, 1.82) is 0 Å². The van der Waals surface area contributed by atoms with E-state index >= 15 is 0 Å². The molecule has 162 valence electrons. The number of hydrogen-bond donors (Lipinski definition) is 0. The Labute approximate surface area is 187 Å². The van der Waals surface area contributed by atoms with Crippen molar-refractivity contribution in [2.75, 3.05) is 45.7 Å². The highest BCUT2D eigenvalue weighted by Crippen LogP contribution is 2.27. The number of quaternary nitrogens is 1. The van der Waals surface area contributed by atoms with Gasteiger partial charge in [0.05, 0.1) is 32.6 Å². The Bertz CT molecular complexity index is 770. The van der Waals surface area contributed by atoms with E-state index in [0.29, 0.717) is 11.9 Å². The number of rotatable bonds is 9. The summed E-state index contributed by atoms with van der Waals surface area (Å²) in [5, 5.41) is 0. The van der Waals surface area contributed by atoms with Gasteiger partial charge in [0.15, 0.2) is 0 Å². The number of hydrogen-bond acceptors (Lipinski definition) is 2. The zero-order chi connectivity index (χ0) is 21.4. The summed E-state index contributed by atoms with van der Waals surface area (Å²) in [7, 11) is 4.71.